The standard InChI is InChI=1S/C10H14BrN3O/c1-15-8-2-3-14(6-8)10-9(11)4-7(12)5-13-10/h4-5,8H,2-3,6,12H2,1H3. The predicted octanol–water partition coefficient (Wildman–Crippen LogP) is 1.65. The lowest BCUT2D eigenvalue weighted by Gasteiger charge is -2.18. The Balaban J connectivity index is 2.17. The molecular formula is C10H14BrN3O. The first-order valence-electron chi connectivity index (χ1n) is 4.89. The molecule has 82 valence electrons. The molecule has 0 bridgehead atoms. The molecule has 1 atom stereocenters. The number of nitrogen functional groups attached to an aromatic ring is 1. The van der Waals surface area contributed by atoms with Crippen molar-refractivity contribution in [1.29, 1.82) is 0 Å². The third-order valence-electron chi connectivity index (χ3n) is 2.62. The monoisotopic (exact) mass is 271 g/mol. The third-order valence-corrected chi connectivity index (χ3v) is 3.20. The van der Waals surface area contributed by atoms with Crippen molar-refractivity contribution in [3.8, 4) is 0 Å². The summed E-state index contributed by atoms with van der Waals surface area (Å²) in [6, 6.07) is 1.88. The Kier molecular flexibility index (Phi) is 3.11. The van der Waals surface area contributed by atoms with Crippen LogP contribution in [-0.2, 0) is 4.74 Å². The van der Waals surface area contributed by atoms with Gasteiger partial charge >= 0.3 is 0 Å². The maximum absolute atomic E-state index is 5.64. The SMILES string of the molecule is COC1CCN(c2ncc(N)cc2Br)C1. The van der Waals surface area contributed by atoms with Crippen molar-refractivity contribution in [1.82, 2.24) is 4.98 Å². The van der Waals surface area contributed by atoms with Crippen molar-refractivity contribution in [3.63, 3.8) is 0 Å². The summed E-state index contributed by atoms with van der Waals surface area (Å²) >= 11 is 3.47. The number of hydrogen-bond donors (Lipinski definition) is 1. The molecule has 2 heterocycles. The van der Waals surface area contributed by atoms with Crippen molar-refractivity contribution in [2.75, 3.05) is 30.8 Å². The second-order valence-corrected chi connectivity index (χ2v) is 4.52. The van der Waals surface area contributed by atoms with Gasteiger partial charge in [0.15, 0.2) is 0 Å². The fraction of sp³-hybridized carbons (Fsp3) is 0.500. The van der Waals surface area contributed by atoms with E-state index < -0.39 is 0 Å². The van der Waals surface area contributed by atoms with Gasteiger partial charge in [0.1, 0.15) is 5.82 Å². The van der Waals surface area contributed by atoms with E-state index >= 15 is 0 Å². The molecule has 1 aromatic heterocycles. The number of nitrogens with zero attached hydrogens (tertiary/aromatic N) is 2. The number of rotatable bonds is 2. The van der Waals surface area contributed by atoms with Gasteiger partial charge in [-0.2, -0.15) is 0 Å². The number of halogens is 1. The van der Waals surface area contributed by atoms with Crippen molar-refractivity contribution in [3.05, 3.63) is 16.7 Å². The van der Waals surface area contributed by atoms with Crippen LogP contribution in [0.3, 0.4) is 0 Å². The van der Waals surface area contributed by atoms with E-state index in [1.807, 2.05) is 6.07 Å². The Morgan fingerprint density at radius 1 is 1.67 bits per heavy atom. The number of nitrogens with two attached hydrogens (primary N) is 1. The second-order valence-electron chi connectivity index (χ2n) is 3.67. The van der Waals surface area contributed by atoms with Crippen molar-refractivity contribution in [2.45, 2.75) is 12.5 Å². The molecule has 0 aromatic carbocycles. The van der Waals surface area contributed by atoms with Gasteiger partial charge in [-0.25, -0.2) is 4.98 Å². The van der Waals surface area contributed by atoms with E-state index in [0.717, 1.165) is 29.8 Å². The topological polar surface area (TPSA) is 51.4 Å². The molecule has 4 nitrogen and oxygen atoms in total. The average molecular weight is 272 g/mol. The van der Waals surface area contributed by atoms with Gasteiger partial charge in [-0.1, -0.05) is 0 Å². The van der Waals surface area contributed by atoms with Crippen molar-refractivity contribution >= 4 is 27.4 Å². The van der Waals surface area contributed by atoms with Gasteiger partial charge in [-0.3, -0.25) is 0 Å². The molecule has 0 aliphatic carbocycles. The molecule has 1 aliphatic rings. The molecule has 1 aliphatic heterocycles. The number of methoxy groups -OCH3 is 1. The maximum atomic E-state index is 5.64. The summed E-state index contributed by atoms with van der Waals surface area (Å²) in [5.41, 5.74) is 6.32. The van der Waals surface area contributed by atoms with E-state index in [9.17, 15) is 0 Å². The second kappa shape index (κ2) is 4.37. The van der Waals surface area contributed by atoms with Crippen LogP contribution in [0.25, 0.3) is 0 Å². The molecule has 1 aromatic rings. The van der Waals surface area contributed by atoms with E-state index in [-0.39, 0.29) is 0 Å². The highest BCUT2D eigenvalue weighted by molar-refractivity contribution is 9.10. The highest BCUT2D eigenvalue weighted by Crippen LogP contribution is 2.28. The Hall–Kier alpha value is -0.810. The van der Waals surface area contributed by atoms with Gasteiger partial charge in [0.05, 0.1) is 22.5 Å². The van der Waals surface area contributed by atoms with E-state index in [1.165, 1.54) is 0 Å². The van der Waals surface area contributed by atoms with Crippen LogP contribution < -0.4 is 10.6 Å². The normalized spacial score (nSPS) is 20.9. The molecule has 0 radical (unpaired) electrons. The summed E-state index contributed by atoms with van der Waals surface area (Å²) in [7, 11) is 1.75. The molecule has 1 saturated heterocycles. The Bertz CT molecular complexity index is 359. The number of anilines is 2. The van der Waals surface area contributed by atoms with Gasteiger partial charge in [0.25, 0.3) is 0 Å². The van der Waals surface area contributed by atoms with Gasteiger partial charge in [0.2, 0.25) is 0 Å². The lowest BCUT2D eigenvalue weighted by molar-refractivity contribution is 0.121. The maximum Gasteiger partial charge on any atom is 0.143 e. The first kappa shape index (κ1) is 10.7. The summed E-state index contributed by atoms with van der Waals surface area (Å²) in [6.45, 7) is 1.88. The van der Waals surface area contributed by atoms with E-state index in [1.54, 1.807) is 13.3 Å². The predicted molar refractivity (Wildman–Crippen MR) is 64.0 cm³/mol. The van der Waals surface area contributed by atoms with Crippen LogP contribution in [0, 0.1) is 0 Å². The van der Waals surface area contributed by atoms with E-state index in [0.29, 0.717) is 11.8 Å². The minimum Gasteiger partial charge on any atom is -0.397 e. The molecule has 2 N–H and O–H groups in total. The summed E-state index contributed by atoms with van der Waals surface area (Å²) in [5.74, 6) is 0.948. The number of aromatic nitrogens is 1. The molecule has 0 saturated carbocycles. The fourth-order valence-electron chi connectivity index (χ4n) is 1.79. The van der Waals surface area contributed by atoms with Crippen molar-refractivity contribution < 1.29 is 4.74 Å². The minimum absolute atomic E-state index is 0.316. The van der Waals surface area contributed by atoms with E-state index in [4.69, 9.17) is 10.5 Å². The zero-order valence-corrected chi connectivity index (χ0v) is 10.2. The molecule has 1 fully saturated rings. The van der Waals surface area contributed by atoms with Crippen LogP contribution in [0.1, 0.15) is 6.42 Å². The molecule has 15 heavy (non-hydrogen) atoms. The first-order valence-corrected chi connectivity index (χ1v) is 5.68. The minimum atomic E-state index is 0.316. The summed E-state index contributed by atoms with van der Waals surface area (Å²) in [6.07, 6.45) is 3.05. The van der Waals surface area contributed by atoms with Crippen LogP contribution in [0.2, 0.25) is 0 Å². The van der Waals surface area contributed by atoms with Crippen molar-refractivity contribution in [2.24, 2.45) is 0 Å². The van der Waals surface area contributed by atoms with Crippen LogP contribution in [-0.4, -0.2) is 31.3 Å². The van der Waals surface area contributed by atoms with Gasteiger partial charge in [-0.05, 0) is 28.4 Å². The number of pyridine rings is 1. The van der Waals surface area contributed by atoms with Gasteiger partial charge in [0, 0.05) is 20.2 Å². The number of ether oxygens (including phenoxy) is 1. The summed E-state index contributed by atoms with van der Waals surface area (Å²) in [4.78, 5) is 6.53. The zero-order chi connectivity index (χ0) is 10.8. The molecule has 2 rings (SSSR count). The molecule has 0 spiro atoms. The lowest BCUT2D eigenvalue weighted by Crippen LogP contribution is -2.23. The number of hydrogen-bond acceptors (Lipinski definition) is 4. The average Bonchev–Trinajstić information content (AvgIpc) is 2.66. The summed E-state index contributed by atoms with van der Waals surface area (Å²) < 4.78 is 6.26. The molecule has 5 heteroatoms. The highest BCUT2D eigenvalue weighted by Gasteiger charge is 2.24. The zero-order valence-electron chi connectivity index (χ0n) is 8.61. The highest BCUT2D eigenvalue weighted by atomic mass is 79.9. The molecular weight excluding hydrogens is 258 g/mol. The molecule has 0 amide bonds. The van der Waals surface area contributed by atoms with Crippen LogP contribution >= 0.6 is 15.9 Å². The largest absolute Gasteiger partial charge is 0.397 e. The Morgan fingerprint density at radius 3 is 3.07 bits per heavy atom. The van der Waals surface area contributed by atoms with Crippen LogP contribution in [0.4, 0.5) is 11.5 Å². The van der Waals surface area contributed by atoms with E-state index in [2.05, 4.69) is 25.8 Å². The fourth-order valence-corrected chi connectivity index (χ4v) is 2.41. The smallest absolute Gasteiger partial charge is 0.143 e. The molecule has 1 unspecified atom stereocenters. The first-order chi connectivity index (χ1) is 7.20. The Morgan fingerprint density at radius 2 is 2.47 bits per heavy atom. The Labute approximate surface area is 97.6 Å². The quantitative estimate of drug-likeness (QED) is 0.889. The van der Waals surface area contributed by atoms with Crippen LogP contribution in [0.15, 0.2) is 16.7 Å². The summed E-state index contributed by atoms with van der Waals surface area (Å²) in [5, 5.41) is 0. The van der Waals surface area contributed by atoms with Crippen LogP contribution in [0.5, 0.6) is 0 Å². The third kappa shape index (κ3) is 2.23. The van der Waals surface area contributed by atoms with Gasteiger partial charge in [-0.15, -0.1) is 0 Å². The van der Waals surface area contributed by atoms with Gasteiger partial charge < -0.3 is 15.4 Å². The lowest BCUT2D eigenvalue weighted by atomic mass is 10.3.